The predicted molar refractivity (Wildman–Crippen MR) is 110 cm³/mol. The number of nitrogens with one attached hydrogen (secondary N) is 1. The third kappa shape index (κ3) is 4.23. The molecule has 156 valence electrons. The van der Waals surface area contributed by atoms with Crippen molar-refractivity contribution in [2.24, 2.45) is 0 Å². The second kappa shape index (κ2) is 7.68. The molecule has 1 heterocycles. The number of hydrogen-bond donors (Lipinski definition) is 1. The Labute approximate surface area is 170 Å². The van der Waals surface area contributed by atoms with Crippen LogP contribution in [0.4, 0.5) is 11.4 Å². The van der Waals surface area contributed by atoms with Gasteiger partial charge in [-0.15, -0.1) is 0 Å². The second-order valence-electron chi connectivity index (χ2n) is 6.94. The summed E-state index contributed by atoms with van der Waals surface area (Å²) in [5, 5.41) is 0. The van der Waals surface area contributed by atoms with Gasteiger partial charge >= 0.3 is 0 Å². The van der Waals surface area contributed by atoms with Crippen molar-refractivity contribution in [3.8, 4) is 5.75 Å². The lowest BCUT2D eigenvalue weighted by Crippen LogP contribution is -2.29. The summed E-state index contributed by atoms with van der Waals surface area (Å²) in [5.74, 6) is -0.572. The van der Waals surface area contributed by atoms with Gasteiger partial charge in [0.1, 0.15) is 10.6 Å². The minimum absolute atomic E-state index is 0.0316. The van der Waals surface area contributed by atoms with Gasteiger partial charge in [-0.25, -0.2) is 21.1 Å². The van der Waals surface area contributed by atoms with Crippen molar-refractivity contribution >= 4 is 37.3 Å². The zero-order valence-corrected chi connectivity index (χ0v) is 17.9. The molecule has 1 N–H and O–H groups in total. The van der Waals surface area contributed by atoms with Gasteiger partial charge in [0.2, 0.25) is 15.9 Å². The number of sulfonamides is 2. The van der Waals surface area contributed by atoms with Crippen LogP contribution in [0.3, 0.4) is 0 Å². The first-order chi connectivity index (χ1) is 13.5. The zero-order chi connectivity index (χ0) is 21.4. The van der Waals surface area contributed by atoms with Crippen LogP contribution >= 0.6 is 0 Å². The van der Waals surface area contributed by atoms with Crippen LogP contribution in [0.15, 0.2) is 47.4 Å². The number of methoxy groups -OCH3 is 1. The van der Waals surface area contributed by atoms with E-state index in [0.717, 1.165) is 11.6 Å². The average molecular weight is 439 g/mol. The zero-order valence-electron chi connectivity index (χ0n) is 16.2. The van der Waals surface area contributed by atoms with Crippen LogP contribution in [-0.2, 0) is 24.8 Å². The van der Waals surface area contributed by atoms with E-state index in [1.165, 1.54) is 19.2 Å². The number of carbonyl (C=O) groups is 1. The molecule has 0 bridgehead atoms. The molecular formula is C19H22N2O6S2. The Balaban J connectivity index is 2.00. The Bertz CT molecular complexity index is 1140. The van der Waals surface area contributed by atoms with E-state index in [0.29, 0.717) is 15.9 Å². The van der Waals surface area contributed by atoms with Gasteiger partial charge in [0.15, 0.2) is 0 Å². The lowest BCUT2D eigenvalue weighted by Gasteiger charge is -2.18. The first kappa shape index (κ1) is 21.1. The lowest BCUT2D eigenvalue weighted by atomic mass is 10.0. The highest BCUT2D eigenvalue weighted by Crippen LogP contribution is 2.33. The van der Waals surface area contributed by atoms with Gasteiger partial charge in [0, 0.05) is 12.1 Å². The second-order valence-corrected chi connectivity index (χ2v) is 10.5. The Hall–Kier alpha value is -2.59. The summed E-state index contributed by atoms with van der Waals surface area (Å²) in [5.41, 5.74) is 1.38. The van der Waals surface area contributed by atoms with Gasteiger partial charge in [-0.3, -0.25) is 9.52 Å². The minimum Gasteiger partial charge on any atom is -0.495 e. The van der Waals surface area contributed by atoms with Crippen molar-refractivity contribution in [1.29, 1.82) is 0 Å². The monoisotopic (exact) mass is 438 g/mol. The topological polar surface area (TPSA) is 110 Å². The molecule has 1 amide bonds. The van der Waals surface area contributed by atoms with Crippen molar-refractivity contribution in [2.75, 3.05) is 21.9 Å². The molecule has 0 saturated carbocycles. The normalized spacial score (nSPS) is 16.3. The van der Waals surface area contributed by atoms with Gasteiger partial charge in [-0.2, -0.15) is 0 Å². The fourth-order valence-electron chi connectivity index (χ4n) is 3.02. The van der Waals surface area contributed by atoms with Gasteiger partial charge in [0.25, 0.3) is 10.0 Å². The SMILES string of the molecule is COc1ccc(N2C(=O)CCS2(=O)=O)cc1S(=O)(=O)Nc1ccc(C(C)C)cc1. The summed E-state index contributed by atoms with van der Waals surface area (Å²) >= 11 is 0. The van der Waals surface area contributed by atoms with E-state index >= 15 is 0 Å². The molecule has 1 aliphatic rings. The van der Waals surface area contributed by atoms with E-state index in [9.17, 15) is 21.6 Å². The molecule has 0 atom stereocenters. The third-order valence-corrected chi connectivity index (χ3v) is 7.67. The first-order valence-corrected chi connectivity index (χ1v) is 12.0. The molecule has 29 heavy (non-hydrogen) atoms. The number of amides is 1. The van der Waals surface area contributed by atoms with Crippen molar-refractivity contribution in [1.82, 2.24) is 0 Å². The molecule has 8 nitrogen and oxygen atoms in total. The van der Waals surface area contributed by atoms with Crippen molar-refractivity contribution in [3.05, 3.63) is 48.0 Å². The van der Waals surface area contributed by atoms with Crippen molar-refractivity contribution in [3.63, 3.8) is 0 Å². The molecule has 2 aromatic carbocycles. The smallest absolute Gasteiger partial charge is 0.265 e. The van der Waals surface area contributed by atoms with Gasteiger partial charge in [-0.05, 0) is 41.8 Å². The highest BCUT2D eigenvalue weighted by molar-refractivity contribution is 7.94. The maximum atomic E-state index is 13.0. The molecule has 0 aliphatic carbocycles. The number of anilines is 2. The number of hydrogen-bond acceptors (Lipinski definition) is 6. The molecular weight excluding hydrogens is 416 g/mol. The summed E-state index contributed by atoms with van der Waals surface area (Å²) in [7, 11) is -6.61. The third-order valence-electron chi connectivity index (χ3n) is 4.58. The molecule has 10 heteroatoms. The summed E-state index contributed by atoms with van der Waals surface area (Å²) in [6.07, 6.45) is -0.142. The molecule has 1 fully saturated rings. The van der Waals surface area contributed by atoms with Crippen LogP contribution in [0.25, 0.3) is 0 Å². The maximum absolute atomic E-state index is 13.0. The van der Waals surface area contributed by atoms with Crippen LogP contribution in [0.5, 0.6) is 5.75 Å². The number of carbonyl (C=O) groups excluding carboxylic acids is 1. The molecule has 0 spiro atoms. The molecule has 0 aromatic heterocycles. The predicted octanol–water partition coefficient (Wildman–Crippen LogP) is 2.69. The Morgan fingerprint density at radius 1 is 1.10 bits per heavy atom. The largest absolute Gasteiger partial charge is 0.495 e. The van der Waals surface area contributed by atoms with E-state index in [-0.39, 0.29) is 28.5 Å². The van der Waals surface area contributed by atoms with Gasteiger partial charge in [-0.1, -0.05) is 26.0 Å². The van der Waals surface area contributed by atoms with Crippen LogP contribution in [0.1, 0.15) is 31.7 Å². The Morgan fingerprint density at radius 2 is 1.76 bits per heavy atom. The molecule has 3 rings (SSSR count). The standard InChI is InChI=1S/C19H22N2O6S2/c1-13(2)14-4-6-15(7-5-14)20-29(25,26)18-12-16(8-9-17(18)27-3)21-19(22)10-11-28(21,23)24/h4-9,12-13,20H,10-11H2,1-3H3. The Kier molecular flexibility index (Phi) is 5.59. The van der Waals surface area contributed by atoms with Crippen molar-refractivity contribution < 1.29 is 26.4 Å². The highest BCUT2D eigenvalue weighted by atomic mass is 32.2. The van der Waals surface area contributed by atoms with E-state index in [1.54, 1.807) is 12.1 Å². The number of rotatable bonds is 6. The van der Waals surface area contributed by atoms with Crippen molar-refractivity contribution in [2.45, 2.75) is 31.1 Å². The van der Waals surface area contributed by atoms with Crippen LogP contribution in [-0.4, -0.2) is 35.6 Å². The maximum Gasteiger partial charge on any atom is 0.265 e. The molecule has 0 radical (unpaired) electrons. The highest BCUT2D eigenvalue weighted by Gasteiger charge is 2.37. The average Bonchev–Trinajstić information content (AvgIpc) is 2.94. The molecule has 2 aromatic rings. The fraction of sp³-hybridized carbons (Fsp3) is 0.316. The molecule has 1 saturated heterocycles. The number of nitrogens with zero attached hydrogens (tertiary/aromatic N) is 1. The molecule has 0 unspecified atom stereocenters. The number of ether oxygens (including phenoxy) is 1. The quantitative estimate of drug-likeness (QED) is 0.743. The van der Waals surface area contributed by atoms with E-state index in [4.69, 9.17) is 4.74 Å². The summed E-state index contributed by atoms with van der Waals surface area (Å²) in [4.78, 5) is 11.8. The van der Waals surface area contributed by atoms with Crippen LogP contribution in [0.2, 0.25) is 0 Å². The van der Waals surface area contributed by atoms with Gasteiger partial charge < -0.3 is 4.74 Å². The number of benzene rings is 2. The summed E-state index contributed by atoms with van der Waals surface area (Å²) in [6, 6.07) is 10.7. The van der Waals surface area contributed by atoms with Gasteiger partial charge in [0.05, 0.1) is 18.6 Å². The van der Waals surface area contributed by atoms with E-state index in [1.807, 2.05) is 26.0 Å². The summed E-state index contributed by atoms with van der Waals surface area (Å²) in [6.45, 7) is 4.06. The van der Waals surface area contributed by atoms with E-state index < -0.39 is 26.0 Å². The Morgan fingerprint density at radius 3 is 2.28 bits per heavy atom. The summed E-state index contributed by atoms with van der Waals surface area (Å²) < 4.78 is 58.5. The van der Waals surface area contributed by atoms with E-state index in [2.05, 4.69) is 4.72 Å². The fourth-order valence-corrected chi connectivity index (χ4v) is 5.72. The van der Waals surface area contributed by atoms with Crippen LogP contribution in [0, 0.1) is 0 Å². The molecule has 1 aliphatic heterocycles. The lowest BCUT2D eigenvalue weighted by molar-refractivity contribution is -0.116. The first-order valence-electron chi connectivity index (χ1n) is 8.92. The van der Waals surface area contributed by atoms with Crippen LogP contribution < -0.4 is 13.8 Å². The minimum atomic E-state index is -4.10.